The minimum atomic E-state index is -4.77. The average Bonchev–Trinajstić information content (AvgIpc) is 2.43. The summed E-state index contributed by atoms with van der Waals surface area (Å²) >= 11 is 0. The number of rotatable bonds is 4. The molecule has 21 heavy (non-hydrogen) atoms. The maximum absolute atomic E-state index is 13.8. The van der Waals surface area contributed by atoms with Crippen LogP contribution in [0.25, 0.3) is 10.9 Å². The van der Waals surface area contributed by atoms with Crippen LogP contribution in [-0.4, -0.2) is 34.8 Å². The van der Waals surface area contributed by atoms with Crippen LogP contribution < -0.4 is 4.90 Å². The van der Waals surface area contributed by atoms with Crippen molar-refractivity contribution >= 4 is 16.7 Å². The fourth-order valence-corrected chi connectivity index (χ4v) is 2.00. The van der Waals surface area contributed by atoms with Gasteiger partial charge in [-0.25, -0.2) is 14.4 Å². The highest BCUT2D eigenvalue weighted by Gasteiger charge is 2.36. The lowest BCUT2D eigenvalue weighted by Crippen LogP contribution is -2.28. The van der Waals surface area contributed by atoms with Gasteiger partial charge in [0.2, 0.25) is 5.82 Å². The van der Waals surface area contributed by atoms with E-state index in [0.717, 1.165) is 6.07 Å². The van der Waals surface area contributed by atoms with Crippen molar-refractivity contribution in [2.24, 2.45) is 0 Å². The second-order valence-electron chi connectivity index (χ2n) is 4.31. The molecule has 0 aliphatic heterocycles. The number of aliphatic hydroxyl groups is 1. The number of alkyl halides is 3. The van der Waals surface area contributed by atoms with E-state index in [4.69, 9.17) is 5.11 Å². The summed E-state index contributed by atoms with van der Waals surface area (Å²) in [5.74, 6) is -2.28. The number of halogens is 4. The Labute approximate surface area is 118 Å². The van der Waals surface area contributed by atoms with Gasteiger partial charge in [-0.2, -0.15) is 13.2 Å². The molecule has 0 saturated carbocycles. The fourth-order valence-electron chi connectivity index (χ4n) is 2.00. The van der Waals surface area contributed by atoms with Crippen LogP contribution in [0.15, 0.2) is 18.2 Å². The summed E-state index contributed by atoms with van der Waals surface area (Å²) < 4.78 is 52.4. The van der Waals surface area contributed by atoms with E-state index in [-0.39, 0.29) is 29.9 Å². The lowest BCUT2D eigenvalue weighted by Gasteiger charge is -2.23. The zero-order chi connectivity index (χ0) is 15.6. The van der Waals surface area contributed by atoms with Gasteiger partial charge in [0.1, 0.15) is 17.2 Å². The molecule has 8 heteroatoms. The molecule has 114 valence electrons. The molecule has 0 aliphatic rings. The summed E-state index contributed by atoms with van der Waals surface area (Å²) in [6.45, 7) is 1.86. The number of hydrogen-bond donors (Lipinski definition) is 1. The van der Waals surface area contributed by atoms with Gasteiger partial charge in [-0.15, -0.1) is 0 Å². The molecule has 0 aliphatic carbocycles. The molecule has 1 heterocycles. The maximum Gasteiger partial charge on any atom is 0.451 e. The molecule has 0 atom stereocenters. The van der Waals surface area contributed by atoms with Gasteiger partial charge in [0.05, 0.1) is 6.61 Å². The standard InChI is InChI=1S/C13H13F4N3O/c1-2-20(6-7-21)11-8-4-3-5-9(14)10(8)18-12(19-11)13(15,16)17/h3-5,21H,2,6-7H2,1H3. The van der Waals surface area contributed by atoms with Crippen molar-refractivity contribution in [1.29, 1.82) is 0 Å². The molecule has 0 amide bonds. The van der Waals surface area contributed by atoms with Gasteiger partial charge in [-0.05, 0) is 19.1 Å². The first kappa shape index (κ1) is 15.4. The predicted octanol–water partition coefficient (Wildman–Crippen LogP) is 2.61. The molecule has 1 aromatic heterocycles. The number of anilines is 1. The molecule has 0 radical (unpaired) electrons. The van der Waals surface area contributed by atoms with E-state index >= 15 is 0 Å². The normalized spacial score (nSPS) is 11.9. The van der Waals surface area contributed by atoms with E-state index in [0.29, 0.717) is 6.54 Å². The minimum absolute atomic E-state index is 0.0385. The molecular weight excluding hydrogens is 290 g/mol. The van der Waals surface area contributed by atoms with Gasteiger partial charge < -0.3 is 10.0 Å². The average molecular weight is 303 g/mol. The molecule has 1 aromatic carbocycles. The van der Waals surface area contributed by atoms with Crippen molar-refractivity contribution in [3.63, 3.8) is 0 Å². The highest BCUT2D eigenvalue weighted by Crippen LogP contribution is 2.32. The summed E-state index contributed by atoms with van der Waals surface area (Å²) in [6.07, 6.45) is -4.77. The monoisotopic (exact) mass is 303 g/mol. The second-order valence-corrected chi connectivity index (χ2v) is 4.31. The van der Waals surface area contributed by atoms with Crippen molar-refractivity contribution < 1.29 is 22.7 Å². The Morgan fingerprint density at radius 2 is 1.95 bits per heavy atom. The van der Waals surface area contributed by atoms with Crippen LogP contribution in [0.4, 0.5) is 23.4 Å². The molecule has 0 spiro atoms. The number of hydrogen-bond acceptors (Lipinski definition) is 4. The Morgan fingerprint density at radius 1 is 1.24 bits per heavy atom. The lowest BCUT2D eigenvalue weighted by atomic mass is 10.2. The Bertz CT molecular complexity index is 645. The van der Waals surface area contributed by atoms with E-state index in [9.17, 15) is 17.6 Å². The van der Waals surface area contributed by atoms with Gasteiger partial charge in [0.15, 0.2) is 0 Å². The molecule has 0 bridgehead atoms. The molecular formula is C13H13F4N3O. The Hall–Kier alpha value is -1.96. The zero-order valence-corrected chi connectivity index (χ0v) is 11.2. The number of likely N-dealkylation sites (N-methyl/N-ethyl adjacent to an activating group) is 1. The number of fused-ring (bicyclic) bond motifs is 1. The first-order valence-electron chi connectivity index (χ1n) is 6.27. The number of benzene rings is 1. The van der Waals surface area contributed by atoms with Crippen molar-refractivity contribution in [3.05, 3.63) is 29.8 Å². The van der Waals surface area contributed by atoms with Gasteiger partial charge in [-0.1, -0.05) is 6.07 Å². The minimum Gasteiger partial charge on any atom is -0.395 e. The van der Waals surface area contributed by atoms with Crippen LogP contribution in [0.3, 0.4) is 0 Å². The fraction of sp³-hybridized carbons (Fsp3) is 0.385. The Kier molecular flexibility index (Phi) is 4.26. The predicted molar refractivity (Wildman–Crippen MR) is 69.5 cm³/mol. The van der Waals surface area contributed by atoms with Crippen molar-refractivity contribution in [3.8, 4) is 0 Å². The molecule has 4 nitrogen and oxygen atoms in total. The third kappa shape index (κ3) is 3.05. The van der Waals surface area contributed by atoms with Crippen LogP contribution in [0.2, 0.25) is 0 Å². The van der Waals surface area contributed by atoms with E-state index in [1.807, 2.05) is 0 Å². The smallest absolute Gasteiger partial charge is 0.395 e. The van der Waals surface area contributed by atoms with Crippen molar-refractivity contribution in [1.82, 2.24) is 9.97 Å². The van der Waals surface area contributed by atoms with Gasteiger partial charge in [0.25, 0.3) is 0 Å². The first-order valence-corrected chi connectivity index (χ1v) is 6.27. The summed E-state index contributed by atoms with van der Waals surface area (Å²) in [6, 6.07) is 3.88. The lowest BCUT2D eigenvalue weighted by molar-refractivity contribution is -0.144. The van der Waals surface area contributed by atoms with Crippen LogP contribution in [0.5, 0.6) is 0 Å². The number of para-hydroxylation sites is 1. The first-order chi connectivity index (χ1) is 9.88. The molecule has 0 unspecified atom stereocenters. The quantitative estimate of drug-likeness (QED) is 0.882. The Morgan fingerprint density at radius 3 is 2.52 bits per heavy atom. The summed E-state index contributed by atoms with van der Waals surface area (Å²) in [4.78, 5) is 8.24. The number of aromatic nitrogens is 2. The Balaban J connectivity index is 2.74. The van der Waals surface area contributed by atoms with Crippen LogP contribution >= 0.6 is 0 Å². The van der Waals surface area contributed by atoms with Gasteiger partial charge >= 0.3 is 6.18 Å². The highest BCUT2D eigenvalue weighted by atomic mass is 19.4. The van der Waals surface area contributed by atoms with E-state index in [2.05, 4.69) is 9.97 Å². The van der Waals surface area contributed by atoms with E-state index in [1.54, 1.807) is 6.92 Å². The number of aliphatic hydroxyl groups excluding tert-OH is 1. The van der Waals surface area contributed by atoms with Gasteiger partial charge in [-0.3, -0.25) is 0 Å². The number of nitrogens with zero attached hydrogens (tertiary/aromatic N) is 3. The van der Waals surface area contributed by atoms with Crippen LogP contribution in [0.1, 0.15) is 12.7 Å². The van der Waals surface area contributed by atoms with E-state index < -0.39 is 17.8 Å². The molecule has 2 aromatic rings. The van der Waals surface area contributed by atoms with Gasteiger partial charge in [0, 0.05) is 18.5 Å². The van der Waals surface area contributed by atoms with Crippen LogP contribution in [-0.2, 0) is 6.18 Å². The molecule has 2 rings (SSSR count). The molecule has 1 N–H and O–H groups in total. The largest absolute Gasteiger partial charge is 0.451 e. The third-order valence-corrected chi connectivity index (χ3v) is 2.96. The van der Waals surface area contributed by atoms with Crippen molar-refractivity contribution in [2.45, 2.75) is 13.1 Å². The molecule has 0 saturated heterocycles. The third-order valence-electron chi connectivity index (χ3n) is 2.96. The maximum atomic E-state index is 13.8. The highest BCUT2D eigenvalue weighted by molar-refractivity contribution is 5.90. The van der Waals surface area contributed by atoms with E-state index in [1.165, 1.54) is 17.0 Å². The van der Waals surface area contributed by atoms with Crippen LogP contribution in [0, 0.1) is 5.82 Å². The summed E-state index contributed by atoms with van der Waals surface area (Å²) in [5, 5.41) is 9.18. The second kappa shape index (κ2) is 5.80. The topological polar surface area (TPSA) is 49.2 Å². The van der Waals surface area contributed by atoms with Crippen molar-refractivity contribution in [2.75, 3.05) is 24.6 Å². The molecule has 0 fully saturated rings. The summed E-state index contributed by atoms with van der Waals surface area (Å²) in [7, 11) is 0. The summed E-state index contributed by atoms with van der Waals surface area (Å²) in [5.41, 5.74) is -0.383. The SMILES string of the molecule is CCN(CCO)c1nc(C(F)(F)F)nc2c(F)cccc12. The zero-order valence-electron chi connectivity index (χ0n) is 11.2.